The molecule has 2 aromatic rings. The number of rotatable bonds is 1. The number of benzene rings is 1. The Hall–Kier alpha value is -1.41. The van der Waals surface area contributed by atoms with Gasteiger partial charge in [0.05, 0.1) is 5.02 Å². The smallest absolute Gasteiger partial charge is 0.161 e. The van der Waals surface area contributed by atoms with E-state index in [1.807, 2.05) is 45.0 Å². The zero-order valence-electron chi connectivity index (χ0n) is 9.58. The average molecular weight is 233 g/mol. The van der Waals surface area contributed by atoms with Crippen LogP contribution in [0.25, 0.3) is 11.4 Å². The molecule has 0 aliphatic rings. The number of nitrogens with zero attached hydrogens (tertiary/aromatic N) is 2. The van der Waals surface area contributed by atoms with Crippen LogP contribution in [0.3, 0.4) is 0 Å². The van der Waals surface area contributed by atoms with Crippen molar-refractivity contribution in [1.29, 1.82) is 0 Å². The van der Waals surface area contributed by atoms with Gasteiger partial charge in [-0.1, -0.05) is 23.7 Å². The summed E-state index contributed by atoms with van der Waals surface area (Å²) in [5, 5.41) is 0.685. The van der Waals surface area contributed by atoms with E-state index in [1.54, 1.807) is 0 Å². The Balaban J connectivity index is 2.62. The zero-order chi connectivity index (χ0) is 11.7. The van der Waals surface area contributed by atoms with Gasteiger partial charge in [0.15, 0.2) is 5.82 Å². The van der Waals surface area contributed by atoms with Crippen LogP contribution < -0.4 is 0 Å². The molecule has 1 aromatic carbocycles. The minimum atomic E-state index is 0.685. The summed E-state index contributed by atoms with van der Waals surface area (Å²) in [5.41, 5.74) is 4.02. The first-order valence-corrected chi connectivity index (χ1v) is 5.54. The van der Waals surface area contributed by atoms with Crippen LogP contribution >= 0.6 is 11.6 Å². The molecule has 0 fully saturated rings. The van der Waals surface area contributed by atoms with Crippen LogP contribution in [0.4, 0.5) is 0 Å². The average Bonchev–Trinajstić information content (AvgIpc) is 2.26. The maximum Gasteiger partial charge on any atom is 0.161 e. The maximum atomic E-state index is 6.12. The van der Waals surface area contributed by atoms with E-state index in [0.717, 1.165) is 22.5 Å². The van der Waals surface area contributed by atoms with E-state index < -0.39 is 0 Å². The first-order valence-electron chi connectivity index (χ1n) is 5.16. The third-order valence-corrected chi connectivity index (χ3v) is 3.08. The maximum absolute atomic E-state index is 6.12. The lowest BCUT2D eigenvalue weighted by atomic mass is 10.1. The number of hydrogen-bond donors (Lipinski definition) is 0. The summed E-state index contributed by atoms with van der Waals surface area (Å²) >= 11 is 6.12. The van der Waals surface area contributed by atoms with Gasteiger partial charge in [0.2, 0.25) is 0 Å². The van der Waals surface area contributed by atoms with Crippen molar-refractivity contribution in [3.8, 4) is 11.4 Å². The minimum Gasteiger partial charge on any atom is -0.233 e. The molecule has 0 aliphatic carbocycles. The predicted molar refractivity (Wildman–Crippen MR) is 66.7 cm³/mol. The topological polar surface area (TPSA) is 25.8 Å². The van der Waals surface area contributed by atoms with E-state index in [2.05, 4.69) is 9.97 Å². The Morgan fingerprint density at radius 1 is 0.938 bits per heavy atom. The fourth-order valence-electron chi connectivity index (χ4n) is 1.54. The van der Waals surface area contributed by atoms with Crippen molar-refractivity contribution in [1.82, 2.24) is 9.97 Å². The molecule has 0 unspecified atom stereocenters. The number of aryl methyl sites for hydroxylation is 2. The molecular weight excluding hydrogens is 220 g/mol. The highest BCUT2D eigenvalue weighted by molar-refractivity contribution is 6.33. The molecule has 0 amide bonds. The largest absolute Gasteiger partial charge is 0.233 e. The lowest BCUT2D eigenvalue weighted by molar-refractivity contribution is 1.02. The summed E-state index contributed by atoms with van der Waals surface area (Å²) in [7, 11) is 0. The molecule has 2 rings (SSSR count). The molecule has 0 saturated carbocycles. The standard InChI is InChI=1S/C13H13ClN2/c1-8-9(2)15-13(16-10(8)3)11-6-4-5-7-12(11)14/h4-7H,1-3H3. The van der Waals surface area contributed by atoms with Crippen LogP contribution in [0, 0.1) is 20.8 Å². The Bertz CT molecular complexity index is 512. The first kappa shape index (κ1) is 11.1. The molecule has 0 N–H and O–H groups in total. The van der Waals surface area contributed by atoms with E-state index in [9.17, 15) is 0 Å². The fourth-order valence-corrected chi connectivity index (χ4v) is 1.76. The molecule has 0 spiro atoms. The molecule has 3 heteroatoms. The Labute approximate surface area is 100 Å². The normalized spacial score (nSPS) is 10.5. The fraction of sp³-hybridized carbons (Fsp3) is 0.231. The molecule has 16 heavy (non-hydrogen) atoms. The highest BCUT2D eigenvalue weighted by Gasteiger charge is 2.09. The van der Waals surface area contributed by atoms with Gasteiger partial charge in [-0.15, -0.1) is 0 Å². The summed E-state index contributed by atoms with van der Waals surface area (Å²) in [4.78, 5) is 8.94. The van der Waals surface area contributed by atoms with Crippen LogP contribution in [0.15, 0.2) is 24.3 Å². The monoisotopic (exact) mass is 232 g/mol. The highest BCUT2D eigenvalue weighted by atomic mass is 35.5. The van der Waals surface area contributed by atoms with Gasteiger partial charge < -0.3 is 0 Å². The van der Waals surface area contributed by atoms with E-state index in [0.29, 0.717) is 10.8 Å². The van der Waals surface area contributed by atoms with Crippen molar-refractivity contribution in [3.05, 3.63) is 46.2 Å². The minimum absolute atomic E-state index is 0.685. The quantitative estimate of drug-likeness (QED) is 0.749. The van der Waals surface area contributed by atoms with Crippen LogP contribution in [0.1, 0.15) is 17.0 Å². The van der Waals surface area contributed by atoms with Crippen LogP contribution in [-0.4, -0.2) is 9.97 Å². The SMILES string of the molecule is Cc1nc(-c2ccccc2Cl)nc(C)c1C. The summed E-state index contributed by atoms with van der Waals surface area (Å²) in [5.74, 6) is 0.700. The molecule has 2 nitrogen and oxygen atoms in total. The van der Waals surface area contributed by atoms with Gasteiger partial charge in [-0.2, -0.15) is 0 Å². The summed E-state index contributed by atoms with van der Waals surface area (Å²) in [6, 6.07) is 7.63. The summed E-state index contributed by atoms with van der Waals surface area (Å²) in [6.45, 7) is 6.01. The van der Waals surface area contributed by atoms with Crippen molar-refractivity contribution in [2.75, 3.05) is 0 Å². The molecule has 0 atom stereocenters. The van der Waals surface area contributed by atoms with Gasteiger partial charge in [-0.05, 0) is 38.5 Å². The van der Waals surface area contributed by atoms with Gasteiger partial charge in [0.25, 0.3) is 0 Å². The van der Waals surface area contributed by atoms with Crippen LogP contribution in [0.5, 0.6) is 0 Å². The lowest BCUT2D eigenvalue weighted by Crippen LogP contribution is -1.99. The number of hydrogen-bond acceptors (Lipinski definition) is 2. The molecule has 0 aliphatic heterocycles. The molecule has 0 bridgehead atoms. The third-order valence-electron chi connectivity index (χ3n) is 2.75. The van der Waals surface area contributed by atoms with Crippen LogP contribution in [0.2, 0.25) is 5.02 Å². The van der Waals surface area contributed by atoms with Crippen LogP contribution in [-0.2, 0) is 0 Å². The third kappa shape index (κ3) is 1.93. The van der Waals surface area contributed by atoms with Gasteiger partial charge >= 0.3 is 0 Å². The van der Waals surface area contributed by atoms with E-state index in [-0.39, 0.29) is 0 Å². The second kappa shape index (κ2) is 4.22. The van der Waals surface area contributed by atoms with Gasteiger partial charge in [0, 0.05) is 17.0 Å². The molecule has 0 radical (unpaired) electrons. The second-order valence-electron chi connectivity index (χ2n) is 3.82. The molecule has 82 valence electrons. The van der Waals surface area contributed by atoms with Crippen molar-refractivity contribution in [2.24, 2.45) is 0 Å². The molecular formula is C13H13ClN2. The zero-order valence-corrected chi connectivity index (χ0v) is 10.3. The Kier molecular flexibility index (Phi) is 2.92. The van der Waals surface area contributed by atoms with E-state index >= 15 is 0 Å². The van der Waals surface area contributed by atoms with Crippen molar-refractivity contribution in [2.45, 2.75) is 20.8 Å². The van der Waals surface area contributed by atoms with E-state index in [4.69, 9.17) is 11.6 Å². The molecule has 0 saturated heterocycles. The Morgan fingerprint density at radius 2 is 1.50 bits per heavy atom. The second-order valence-corrected chi connectivity index (χ2v) is 4.23. The lowest BCUT2D eigenvalue weighted by Gasteiger charge is -2.08. The van der Waals surface area contributed by atoms with Gasteiger partial charge in [-0.25, -0.2) is 9.97 Å². The first-order chi connectivity index (χ1) is 7.59. The molecule has 1 heterocycles. The predicted octanol–water partition coefficient (Wildman–Crippen LogP) is 3.72. The summed E-state index contributed by atoms with van der Waals surface area (Å²) < 4.78 is 0. The van der Waals surface area contributed by atoms with Crippen molar-refractivity contribution < 1.29 is 0 Å². The van der Waals surface area contributed by atoms with Gasteiger partial charge in [-0.3, -0.25) is 0 Å². The number of aromatic nitrogens is 2. The van der Waals surface area contributed by atoms with Crippen molar-refractivity contribution >= 4 is 11.6 Å². The van der Waals surface area contributed by atoms with Crippen molar-refractivity contribution in [3.63, 3.8) is 0 Å². The van der Waals surface area contributed by atoms with Gasteiger partial charge in [0.1, 0.15) is 0 Å². The van der Waals surface area contributed by atoms with E-state index in [1.165, 1.54) is 0 Å². The highest BCUT2D eigenvalue weighted by Crippen LogP contribution is 2.25. The summed E-state index contributed by atoms with van der Waals surface area (Å²) in [6.07, 6.45) is 0. The molecule has 1 aromatic heterocycles. The Morgan fingerprint density at radius 3 is 2.06 bits per heavy atom. The number of halogens is 1.